The molecule has 20 heavy (non-hydrogen) atoms. The molecule has 0 atom stereocenters. The zero-order chi connectivity index (χ0) is 13.4. The van der Waals surface area contributed by atoms with E-state index in [1.165, 1.54) is 17.5 Å². The van der Waals surface area contributed by atoms with Gasteiger partial charge in [0.05, 0.1) is 17.9 Å². The smallest absolute Gasteiger partial charge is 0.188 e. The number of hydrogen-bond acceptors (Lipinski definition) is 6. The minimum Gasteiger partial charge on any atom is -0.378 e. The fraction of sp³-hybridized carbons (Fsp3) is 0.571. The first-order chi connectivity index (χ1) is 9.90. The van der Waals surface area contributed by atoms with Crippen LogP contribution in [0.5, 0.6) is 0 Å². The molecule has 2 saturated heterocycles. The molecule has 0 N–H and O–H groups in total. The highest BCUT2D eigenvalue weighted by Crippen LogP contribution is 2.30. The van der Waals surface area contributed by atoms with Gasteiger partial charge in [0.15, 0.2) is 10.8 Å². The summed E-state index contributed by atoms with van der Waals surface area (Å²) in [7, 11) is 0. The molecule has 2 aromatic heterocycles. The van der Waals surface area contributed by atoms with Crippen LogP contribution in [-0.4, -0.2) is 49.4 Å². The Hall–Kier alpha value is -1.40. The van der Waals surface area contributed by atoms with Gasteiger partial charge >= 0.3 is 0 Å². The first-order valence-electron chi connectivity index (χ1n) is 7.25. The van der Waals surface area contributed by atoms with Gasteiger partial charge in [-0.1, -0.05) is 11.3 Å². The van der Waals surface area contributed by atoms with Crippen LogP contribution in [-0.2, 0) is 4.74 Å². The molecule has 0 unspecified atom stereocenters. The molecular weight excluding hydrogens is 272 g/mol. The van der Waals surface area contributed by atoms with Gasteiger partial charge in [0, 0.05) is 26.2 Å². The number of anilines is 2. The molecule has 0 spiro atoms. The van der Waals surface area contributed by atoms with Crippen LogP contribution in [0.25, 0.3) is 10.3 Å². The topological polar surface area (TPSA) is 41.5 Å². The van der Waals surface area contributed by atoms with Gasteiger partial charge in [-0.3, -0.25) is 0 Å². The molecule has 4 heterocycles. The lowest BCUT2D eigenvalue weighted by Crippen LogP contribution is -2.36. The molecule has 2 aromatic rings. The van der Waals surface area contributed by atoms with Crippen molar-refractivity contribution in [2.24, 2.45) is 0 Å². The third-order valence-corrected chi connectivity index (χ3v) is 5.01. The van der Waals surface area contributed by atoms with E-state index >= 15 is 0 Å². The molecule has 2 aliphatic rings. The van der Waals surface area contributed by atoms with Crippen LogP contribution in [0.1, 0.15) is 12.8 Å². The first kappa shape index (κ1) is 12.3. The van der Waals surface area contributed by atoms with E-state index < -0.39 is 0 Å². The highest BCUT2D eigenvalue weighted by molar-refractivity contribution is 7.22. The maximum absolute atomic E-state index is 5.39. The standard InChI is InChI=1S/C14H18N4OS/c1-2-6-17(5-1)12-4-3-11-13(15-12)16-14(20-11)18-7-9-19-10-8-18/h3-4H,1-2,5-10H2. The van der Waals surface area contributed by atoms with Crippen molar-refractivity contribution in [1.82, 2.24) is 9.97 Å². The largest absolute Gasteiger partial charge is 0.378 e. The SMILES string of the molecule is c1cc2sc(N3CCOCC3)nc2nc1N1CCCC1. The number of hydrogen-bond donors (Lipinski definition) is 0. The molecule has 5 nitrogen and oxygen atoms in total. The molecule has 2 fully saturated rings. The fourth-order valence-electron chi connectivity index (χ4n) is 2.81. The van der Waals surface area contributed by atoms with Crippen molar-refractivity contribution in [2.45, 2.75) is 12.8 Å². The summed E-state index contributed by atoms with van der Waals surface area (Å²) >= 11 is 1.73. The van der Waals surface area contributed by atoms with E-state index in [9.17, 15) is 0 Å². The van der Waals surface area contributed by atoms with Gasteiger partial charge in [0.25, 0.3) is 0 Å². The Kier molecular flexibility index (Phi) is 3.20. The number of pyridine rings is 1. The number of thiazole rings is 1. The van der Waals surface area contributed by atoms with E-state index in [4.69, 9.17) is 14.7 Å². The van der Waals surface area contributed by atoms with E-state index in [2.05, 4.69) is 21.9 Å². The summed E-state index contributed by atoms with van der Waals surface area (Å²) in [6, 6.07) is 4.30. The molecule has 0 amide bonds. The van der Waals surface area contributed by atoms with Gasteiger partial charge in [-0.2, -0.15) is 4.98 Å². The molecule has 0 radical (unpaired) electrons. The second kappa shape index (κ2) is 5.18. The normalized spacial score (nSPS) is 20.0. The molecule has 2 aliphatic heterocycles. The van der Waals surface area contributed by atoms with Crippen LogP contribution in [0, 0.1) is 0 Å². The Morgan fingerprint density at radius 2 is 1.75 bits per heavy atom. The van der Waals surface area contributed by atoms with Gasteiger partial charge in [0.2, 0.25) is 0 Å². The first-order valence-corrected chi connectivity index (χ1v) is 8.07. The minimum atomic E-state index is 0.794. The number of rotatable bonds is 2. The Morgan fingerprint density at radius 1 is 0.950 bits per heavy atom. The zero-order valence-corrected chi connectivity index (χ0v) is 12.2. The van der Waals surface area contributed by atoms with Crippen molar-refractivity contribution in [3.05, 3.63) is 12.1 Å². The Balaban J connectivity index is 1.64. The molecule has 4 rings (SSSR count). The van der Waals surface area contributed by atoms with Crippen molar-refractivity contribution in [3.8, 4) is 0 Å². The van der Waals surface area contributed by atoms with Crippen LogP contribution in [0.15, 0.2) is 12.1 Å². The van der Waals surface area contributed by atoms with E-state index in [0.29, 0.717) is 0 Å². The average Bonchev–Trinajstić information content (AvgIpc) is 3.16. The maximum atomic E-state index is 5.39. The predicted molar refractivity (Wildman–Crippen MR) is 81.9 cm³/mol. The van der Waals surface area contributed by atoms with Crippen molar-refractivity contribution in [1.29, 1.82) is 0 Å². The van der Waals surface area contributed by atoms with Gasteiger partial charge in [-0.15, -0.1) is 0 Å². The summed E-state index contributed by atoms with van der Waals surface area (Å²) in [4.78, 5) is 14.1. The van der Waals surface area contributed by atoms with Crippen molar-refractivity contribution in [2.75, 3.05) is 49.2 Å². The predicted octanol–water partition coefficient (Wildman–Crippen LogP) is 2.13. The van der Waals surface area contributed by atoms with Crippen LogP contribution >= 0.6 is 11.3 Å². The summed E-state index contributed by atoms with van der Waals surface area (Å²) in [6.45, 7) is 5.69. The molecule has 0 aromatic carbocycles. The summed E-state index contributed by atoms with van der Waals surface area (Å²) in [6.07, 6.45) is 2.55. The highest BCUT2D eigenvalue weighted by Gasteiger charge is 2.18. The summed E-state index contributed by atoms with van der Waals surface area (Å²) in [5, 5.41) is 1.08. The highest BCUT2D eigenvalue weighted by atomic mass is 32.1. The van der Waals surface area contributed by atoms with E-state index in [-0.39, 0.29) is 0 Å². The van der Waals surface area contributed by atoms with E-state index in [1.54, 1.807) is 11.3 Å². The number of nitrogens with zero attached hydrogens (tertiary/aromatic N) is 4. The van der Waals surface area contributed by atoms with Gasteiger partial charge in [-0.25, -0.2) is 4.98 Å². The summed E-state index contributed by atoms with van der Waals surface area (Å²) in [5.74, 6) is 1.08. The quantitative estimate of drug-likeness (QED) is 0.847. The maximum Gasteiger partial charge on any atom is 0.188 e. The van der Waals surface area contributed by atoms with E-state index in [0.717, 1.165) is 56.0 Å². The van der Waals surface area contributed by atoms with Crippen molar-refractivity contribution in [3.63, 3.8) is 0 Å². The minimum absolute atomic E-state index is 0.794. The Labute approximate surface area is 122 Å². The molecule has 0 aliphatic carbocycles. The van der Waals surface area contributed by atoms with Crippen LogP contribution < -0.4 is 9.80 Å². The third kappa shape index (κ3) is 2.23. The molecule has 6 heteroatoms. The molecular formula is C14H18N4OS. The van der Waals surface area contributed by atoms with Gasteiger partial charge in [-0.05, 0) is 25.0 Å². The number of ether oxygens (including phenoxy) is 1. The lowest BCUT2D eigenvalue weighted by Gasteiger charge is -2.25. The lowest BCUT2D eigenvalue weighted by atomic mass is 10.4. The van der Waals surface area contributed by atoms with Crippen LogP contribution in [0.4, 0.5) is 10.9 Å². The van der Waals surface area contributed by atoms with Gasteiger partial charge in [0.1, 0.15) is 5.82 Å². The van der Waals surface area contributed by atoms with Crippen LogP contribution in [0.3, 0.4) is 0 Å². The number of morpholine rings is 1. The van der Waals surface area contributed by atoms with Crippen molar-refractivity contribution >= 4 is 32.6 Å². The van der Waals surface area contributed by atoms with Gasteiger partial charge < -0.3 is 14.5 Å². The Morgan fingerprint density at radius 3 is 2.55 bits per heavy atom. The number of fused-ring (bicyclic) bond motifs is 1. The molecule has 106 valence electrons. The molecule has 0 saturated carbocycles. The third-order valence-electron chi connectivity index (χ3n) is 3.94. The molecule has 0 bridgehead atoms. The second-order valence-corrected chi connectivity index (χ2v) is 6.29. The van der Waals surface area contributed by atoms with Crippen molar-refractivity contribution < 1.29 is 4.74 Å². The zero-order valence-electron chi connectivity index (χ0n) is 11.4. The lowest BCUT2D eigenvalue weighted by molar-refractivity contribution is 0.122. The van der Waals surface area contributed by atoms with Crippen LogP contribution in [0.2, 0.25) is 0 Å². The van der Waals surface area contributed by atoms with E-state index in [1.807, 2.05) is 0 Å². The number of aromatic nitrogens is 2. The summed E-state index contributed by atoms with van der Waals surface area (Å²) in [5.41, 5.74) is 0.890. The summed E-state index contributed by atoms with van der Waals surface area (Å²) < 4.78 is 6.57. The second-order valence-electron chi connectivity index (χ2n) is 5.28. The monoisotopic (exact) mass is 290 g/mol. The fourth-order valence-corrected chi connectivity index (χ4v) is 3.77. The Bertz CT molecular complexity index is 602. The average molecular weight is 290 g/mol.